The number of amides is 4. The third kappa shape index (κ3) is 1.05. The Kier molecular flexibility index (Phi) is 1.37. The fraction of sp³-hybridized carbons (Fsp3) is 0. The number of carbonyl (C=O) groups is 2. The van der Waals surface area contributed by atoms with Crippen molar-refractivity contribution in [1.29, 1.82) is 0 Å². The molecule has 0 spiro atoms. The van der Waals surface area contributed by atoms with E-state index in [0.29, 0.717) is 5.23 Å². The summed E-state index contributed by atoms with van der Waals surface area (Å²) in [6, 6.07) is -2.98. The first-order valence-corrected chi connectivity index (χ1v) is 3.87. The van der Waals surface area contributed by atoms with E-state index < -0.39 is 12.1 Å². The van der Waals surface area contributed by atoms with Gasteiger partial charge in [0.05, 0.1) is 0 Å². The number of aromatic nitrogens is 3. The molecule has 3 aliphatic rings. The van der Waals surface area contributed by atoms with Crippen molar-refractivity contribution in [1.82, 2.24) is 25.2 Å². The highest BCUT2D eigenvalue weighted by Gasteiger charge is 2.39. The van der Waals surface area contributed by atoms with Crippen LogP contribution in [0.15, 0.2) is 0 Å². The topological polar surface area (TPSA) is 133 Å². The van der Waals surface area contributed by atoms with E-state index in [2.05, 4.69) is 15.0 Å². The maximum Gasteiger partial charge on any atom is 0.433 e. The first kappa shape index (κ1) is 8.46. The zero-order chi connectivity index (χ0) is 11.3. The smallest absolute Gasteiger partial charge is 0.349 e. The Morgan fingerprint density at radius 3 is 2.06 bits per heavy atom. The largest absolute Gasteiger partial charge is 0.433 e. The predicted octanol–water partition coefficient (Wildman–Crippen LogP) is -1.42. The Bertz CT molecular complexity index is 480. The van der Waals surface area contributed by atoms with Gasteiger partial charge >= 0.3 is 30.1 Å². The Morgan fingerprint density at radius 1 is 1.06 bits per heavy atom. The van der Waals surface area contributed by atoms with Crippen molar-refractivity contribution in [3.05, 3.63) is 0 Å². The molecule has 0 unspecified atom stereocenters. The molecule has 0 atom stereocenters. The number of hydrogen-bond acceptors (Lipinski definition) is 8. The second kappa shape index (κ2) is 2.59. The summed E-state index contributed by atoms with van der Waals surface area (Å²) < 4.78 is 0. The van der Waals surface area contributed by atoms with Gasteiger partial charge in [-0.2, -0.15) is 0 Å². The molecule has 0 aromatic carbocycles. The average molecular weight is 226 g/mol. The Hall–Kier alpha value is -2.85. The molecule has 11 heteroatoms. The molecule has 0 saturated carbocycles. The summed E-state index contributed by atoms with van der Waals surface area (Å²) in [6.45, 7) is 0. The van der Waals surface area contributed by atoms with Crippen molar-refractivity contribution < 1.29 is 24.1 Å². The van der Waals surface area contributed by atoms with Crippen LogP contribution in [-0.4, -0.2) is 37.3 Å². The SMILES string of the molecule is NC(=O)N1Oc2nc3nc(n2)ON(O3)C1=O. The van der Waals surface area contributed by atoms with Gasteiger partial charge in [0.15, 0.2) is 0 Å². The van der Waals surface area contributed by atoms with Gasteiger partial charge in [-0.1, -0.05) is 5.06 Å². The van der Waals surface area contributed by atoms with E-state index in [1.54, 1.807) is 0 Å². The van der Waals surface area contributed by atoms with Crippen LogP contribution < -0.4 is 20.2 Å². The maximum atomic E-state index is 11.5. The molecule has 1 aromatic heterocycles. The molecule has 4 bridgehead atoms. The van der Waals surface area contributed by atoms with E-state index in [4.69, 9.17) is 20.2 Å². The number of nitrogens with two attached hydrogens (primary N) is 1. The van der Waals surface area contributed by atoms with Gasteiger partial charge in [-0.15, -0.1) is 15.0 Å². The molecule has 0 aliphatic carbocycles. The molecule has 0 saturated heterocycles. The maximum absolute atomic E-state index is 11.5. The molecule has 16 heavy (non-hydrogen) atoms. The normalized spacial score (nSPS) is 16.1. The average Bonchev–Trinajstić information content (AvgIpc) is 2.22. The minimum Gasteiger partial charge on any atom is -0.349 e. The van der Waals surface area contributed by atoms with Gasteiger partial charge in [-0.25, -0.2) is 9.59 Å². The lowest BCUT2D eigenvalue weighted by Crippen LogP contribution is -2.55. The molecule has 2 N–H and O–H groups in total. The Balaban J connectivity index is 2.11. The van der Waals surface area contributed by atoms with E-state index in [9.17, 15) is 9.59 Å². The van der Waals surface area contributed by atoms with E-state index in [0.717, 1.165) is 0 Å². The number of nitrogens with zero attached hydrogens (tertiary/aromatic N) is 5. The Labute approximate surface area is 86.2 Å². The molecule has 1 aromatic rings. The van der Waals surface area contributed by atoms with Crippen molar-refractivity contribution >= 4 is 12.1 Å². The predicted molar refractivity (Wildman–Crippen MR) is 40.4 cm³/mol. The second-order valence-electron chi connectivity index (χ2n) is 2.63. The highest BCUT2D eigenvalue weighted by Crippen LogP contribution is 2.24. The summed E-state index contributed by atoms with van der Waals surface area (Å²) in [5.41, 5.74) is 4.90. The zero-order valence-electron chi connectivity index (χ0n) is 7.35. The first-order chi connectivity index (χ1) is 7.63. The van der Waals surface area contributed by atoms with Crippen LogP contribution in [0.4, 0.5) is 9.59 Å². The summed E-state index contributed by atoms with van der Waals surface area (Å²) in [5.74, 6) is 0. The van der Waals surface area contributed by atoms with E-state index in [1.165, 1.54) is 0 Å². The van der Waals surface area contributed by atoms with Crippen molar-refractivity contribution in [3.8, 4) is 18.0 Å². The number of fused-ring (bicyclic) bond motifs is 2. The van der Waals surface area contributed by atoms with Gasteiger partial charge in [0.1, 0.15) is 0 Å². The molecule has 3 aliphatic heterocycles. The highest BCUT2D eigenvalue weighted by atomic mass is 17.0. The Morgan fingerprint density at radius 2 is 1.56 bits per heavy atom. The monoisotopic (exact) mass is 226 g/mol. The summed E-state index contributed by atoms with van der Waals surface area (Å²) in [5, 5.41) is 0.507. The van der Waals surface area contributed by atoms with Crippen molar-refractivity contribution in [2.45, 2.75) is 0 Å². The summed E-state index contributed by atoms with van der Waals surface area (Å²) in [6.07, 6.45) is 0. The van der Waals surface area contributed by atoms with Gasteiger partial charge in [-0.3, -0.25) is 9.68 Å². The lowest BCUT2D eigenvalue weighted by atomic mass is 10.8. The minimum absolute atomic E-state index is 0.182. The third-order valence-electron chi connectivity index (χ3n) is 1.61. The van der Waals surface area contributed by atoms with Gasteiger partial charge < -0.3 is 10.6 Å². The van der Waals surface area contributed by atoms with E-state index >= 15 is 0 Å². The summed E-state index contributed by atoms with van der Waals surface area (Å²) in [7, 11) is 0. The van der Waals surface area contributed by atoms with Crippen LogP contribution in [0.1, 0.15) is 0 Å². The quantitative estimate of drug-likeness (QED) is 0.569. The number of urea groups is 2. The van der Waals surface area contributed by atoms with Crippen molar-refractivity contribution in [2.24, 2.45) is 5.73 Å². The molecular formula is C5H2N6O5. The minimum atomic E-state index is -1.17. The molecule has 4 amide bonds. The third-order valence-corrected chi connectivity index (χ3v) is 1.61. The number of imide groups is 1. The van der Waals surface area contributed by atoms with Crippen LogP contribution in [0, 0.1) is 0 Å². The lowest BCUT2D eigenvalue weighted by molar-refractivity contribution is -0.251. The van der Waals surface area contributed by atoms with Gasteiger partial charge in [0, 0.05) is 5.23 Å². The molecular weight excluding hydrogens is 224 g/mol. The van der Waals surface area contributed by atoms with Gasteiger partial charge in [0.2, 0.25) is 0 Å². The number of rotatable bonds is 0. The van der Waals surface area contributed by atoms with E-state index in [-0.39, 0.29) is 23.1 Å². The van der Waals surface area contributed by atoms with Crippen LogP contribution in [0.5, 0.6) is 18.0 Å². The number of hydrogen-bond donors (Lipinski definition) is 1. The molecule has 11 nitrogen and oxygen atoms in total. The van der Waals surface area contributed by atoms with Crippen molar-refractivity contribution in [2.75, 3.05) is 0 Å². The second-order valence-corrected chi connectivity index (χ2v) is 2.63. The lowest BCUT2D eigenvalue weighted by Gasteiger charge is -2.28. The molecule has 4 rings (SSSR count). The standard InChI is InChI=1S/C5H2N6O5/c6-1(12)10-5(13)11-15-3-7-2(14-10)8-4(9-3)16-11/h(H2,6,12). The summed E-state index contributed by atoms with van der Waals surface area (Å²) in [4.78, 5) is 47.4. The zero-order valence-corrected chi connectivity index (χ0v) is 7.35. The van der Waals surface area contributed by atoms with Crippen LogP contribution >= 0.6 is 0 Å². The van der Waals surface area contributed by atoms with E-state index in [1.807, 2.05) is 0 Å². The number of primary amides is 1. The highest BCUT2D eigenvalue weighted by molar-refractivity contribution is 5.90. The number of carbonyl (C=O) groups excluding carboxylic acids is 2. The van der Waals surface area contributed by atoms with Crippen LogP contribution in [0.3, 0.4) is 0 Å². The fourth-order valence-electron chi connectivity index (χ4n) is 1.02. The van der Waals surface area contributed by atoms with Gasteiger partial charge in [-0.05, 0) is 0 Å². The van der Waals surface area contributed by atoms with Crippen LogP contribution in [0.25, 0.3) is 0 Å². The molecule has 0 fully saturated rings. The van der Waals surface area contributed by atoms with Gasteiger partial charge in [0.25, 0.3) is 0 Å². The van der Waals surface area contributed by atoms with Crippen molar-refractivity contribution in [3.63, 3.8) is 0 Å². The summed E-state index contributed by atoms with van der Waals surface area (Å²) >= 11 is 0. The first-order valence-electron chi connectivity index (χ1n) is 3.87. The molecule has 0 radical (unpaired) electrons. The molecule has 4 heterocycles. The fourth-order valence-corrected chi connectivity index (χ4v) is 1.02. The van der Waals surface area contributed by atoms with Crippen LogP contribution in [-0.2, 0) is 0 Å². The van der Waals surface area contributed by atoms with Crippen LogP contribution in [0.2, 0.25) is 0 Å². The molecule has 82 valence electrons. The number of hydroxylamine groups is 4.